The number of aromatic nitrogens is 1. The van der Waals surface area contributed by atoms with Gasteiger partial charge in [-0.25, -0.2) is 4.39 Å². The number of hydrogen-bond acceptors (Lipinski definition) is 3. The lowest BCUT2D eigenvalue weighted by Gasteiger charge is -2.36. The van der Waals surface area contributed by atoms with E-state index in [4.69, 9.17) is 4.74 Å². The number of aromatic amines is 1. The van der Waals surface area contributed by atoms with Gasteiger partial charge in [0, 0.05) is 42.8 Å². The number of nitrogens with zero attached hydrogens (tertiary/aromatic N) is 2. The van der Waals surface area contributed by atoms with Crippen LogP contribution in [0.25, 0.3) is 10.9 Å². The number of carbonyl (C=O) groups excluding carboxylic acids is 1. The van der Waals surface area contributed by atoms with Crippen LogP contribution in [-0.4, -0.2) is 49.1 Å². The van der Waals surface area contributed by atoms with E-state index in [1.165, 1.54) is 12.1 Å². The van der Waals surface area contributed by atoms with Crippen LogP contribution < -0.4 is 9.64 Å². The van der Waals surface area contributed by atoms with Gasteiger partial charge in [-0.05, 0) is 55.0 Å². The maximum absolute atomic E-state index is 13.5. The lowest BCUT2D eigenvalue weighted by Crippen LogP contribution is -2.49. The predicted molar refractivity (Wildman–Crippen MR) is 104 cm³/mol. The zero-order valence-electron chi connectivity index (χ0n) is 15.5. The van der Waals surface area contributed by atoms with Gasteiger partial charge in [-0.1, -0.05) is 0 Å². The number of methoxy groups -OCH3 is 1. The average Bonchev–Trinajstić information content (AvgIpc) is 3.03. The number of hydrogen-bond donors (Lipinski definition) is 1. The normalized spacial score (nSPS) is 14.6. The summed E-state index contributed by atoms with van der Waals surface area (Å²) in [5, 5.41) is 0.886. The first kappa shape index (κ1) is 17.4. The number of benzene rings is 2. The zero-order valence-corrected chi connectivity index (χ0v) is 15.5. The number of amides is 1. The molecule has 1 amide bonds. The van der Waals surface area contributed by atoms with Crippen LogP contribution in [0.2, 0.25) is 0 Å². The molecule has 0 saturated carbocycles. The molecule has 1 aromatic heterocycles. The highest BCUT2D eigenvalue weighted by atomic mass is 19.1. The molecule has 1 saturated heterocycles. The van der Waals surface area contributed by atoms with Crippen molar-refractivity contribution >= 4 is 22.5 Å². The summed E-state index contributed by atoms with van der Waals surface area (Å²) in [6.07, 6.45) is 0. The second-order valence-corrected chi connectivity index (χ2v) is 6.79. The fourth-order valence-corrected chi connectivity index (χ4v) is 3.64. The summed E-state index contributed by atoms with van der Waals surface area (Å²) >= 11 is 0. The Morgan fingerprint density at radius 2 is 1.78 bits per heavy atom. The third kappa shape index (κ3) is 3.23. The summed E-state index contributed by atoms with van der Waals surface area (Å²) < 4.78 is 18.7. The number of carbonyl (C=O) groups is 1. The van der Waals surface area contributed by atoms with Gasteiger partial charge in [0.05, 0.1) is 7.11 Å². The Morgan fingerprint density at radius 1 is 1.07 bits per heavy atom. The molecule has 0 aliphatic carbocycles. The van der Waals surface area contributed by atoms with Crippen molar-refractivity contribution in [2.75, 3.05) is 38.2 Å². The van der Waals surface area contributed by atoms with Crippen LogP contribution in [0.1, 0.15) is 16.1 Å². The van der Waals surface area contributed by atoms with Crippen molar-refractivity contribution < 1.29 is 13.9 Å². The van der Waals surface area contributed by atoms with Gasteiger partial charge in [0.25, 0.3) is 5.91 Å². The van der Waals surface area contributed by atoms with Crippen LogP contribution in [0.15, 0.2) is 42.5 Å². The van der Waals surface area contributed by atoms with E-state index in [2.05, 4.69) is 9.88 Å². The standard InChI is InChI=1S/C21H22FN3O2/c1-14-18-8-3-15(22)13-19(18)23-20(14)21(26)25-11-9-24(10-12-25)16-4-6-17(27-2)7-5-16/h3-8,13,23H,9-12H2,1-2H3. The summed E-state index contributed by atoms with van der Waals surface area (Å²) in [4.78, 5) is 20.2. The second-order valence-electron chi connectivity index (χ2n) is 6.79. The first-order valence-corrected chi connectivity index (χ1v) is 9.03. The van der Waals surface area contributed by atoms with E-state index < -0.39 is 0 Å². The van der Waals surface area contributed by atoms with Crippen molar-refractivity contribution in [2.24, 2.45) is 0 Å². The summed E-state index contributed by atoms with van der Waals surface area (Å²) in [5.41, 5.74) is 3.20. The maximum Gasteiger partial charge on any atom is 0.270 e. The molecule has 3 aromatic rings. The molecule has 0 bridgehead atoms. The number of aryl methyl sites for hydroxylation is 1. The lowest BCUT2D eigenvalue weighted by atomic mass is 10.1. The topological polar surface area (TPSA) is 48.6 Å². The molecule has 0 unspecified atom stereocenters. The Balaban J connectivity index is 1.47. The van der Waals surface area contributed by atoms with Crippen LogP contribution in [0.5, 0.6) is 5.75 Å². The van der Waals surface area contributed by atoms with E-state index in [9.17, 15) is 9.18 Å². The number of anilines is 1. The highest BCUT2D eigenvalue weighted by molar-refractivity contribution is 6.01. The number of piperazine rings is 1. The Bertz CT molecular complexity index is 973. The molecule has 5 nitrogen and oxygen atoms in total. The molecule has 1 fully saturated rings. The highest BCUT2D eigenvalue weighted by Crippen LogP contribution is 2.25. The number of ether oxygens (including phenoxy) is 1. The minimum atomic E-state index is -0.309. The van der Waals surface area contributed by atoms with Gasteiger partial charge in [-0.15, -0.1) is 0 Å². The van der Waals surface area contributed by atoms with E-state index in [1.54, 1.807) is 13.2 Å². The summed E-state index contributed by atoms with van der Waals surface area (Å²) in [6.45, 7) is 4.73. The Hall–Kier alpha value is -3.02. The van der Waals surface area contributed by atoms with Gasteiger partial charge in [0.1, 0.15) is 17.3 Å². The Morgan fingerprint density at radius 3 is 2.44 bits per heavy atom. The SMILES string of the molecule is COc1ccc(N2CCN(C(=O)c3[nH]c4cc(F)ccc4c3C)CC2)cc1. The van der Waals surface area contributed by atoms with Crippen LogP contribution >= 0.6 is 0 Å². The van der Waals surface area contributed by atoms with Crippen LogP contribution in [0, 0.1) is 12.7 Å². The summed E-state index contributed by atoms with van der Waals surface area (Å²) in [5.74, 6) is 0.493. The molecular weight excluding hydrogens is 345 g/mol. The number of nitrogens with one attached hydrogen (secondary N) is 1. The average molecular weight is 367 g/mol. The quantitative estimate of drug-likeness (QED) is 0.770. The van der Waals surface area contributed by atoms with Gasteiger partial charge in [0.2, 0.25) is 0 Å². The molecule has 27 heavy (non-hydrogen) atoms. The van der Waals surface area contributed by atoms with Crippen LogP contribution in [0.4, 0.5) is 10.1 Å². The molecule has 1 N–H and O–H groups in total. The van der Waals surface area contributed by atoms with Crippen molar-refractivity contribution in [3.8, 4) is 5.75 Å². The molecule has 1 aliphatic heterocycles. The van der Waals surface area contributed by atoms with Crippen LogP contribution in [-0.2, 0) is 0 Å². The van der Waals surface area contributed by atoms with E-state index in [-0.39, 0.29) is 11.7 Å². The number of H-pyrrole nitrogens is 1. The van der Waals surface area contributed by atoms with Gasteiger partial charge in [-0.2, -0.15) is 0 Å². The van der Waals surface area contributed by atoms with Crippen molar-refractivity contribution in [1.29, 1.82) is 0 Å². The van der Waals surface area contributed by atoms with Crippen molar-refractivity contribution in [3.63, 3.8) is 0 Å². The van der Waals surface area contributed by atoms with Crippen molar-refractivity contribution in [2.45, 2.75) is 6.92 Å². The third-order valence-corrected chi connectivity index (χ3v) is 5.24. The Kier molecular flexibility index (Phi) is 4.48. The summed E-state index contributed by atoms with van der Waals surface area (Å²) in [7, 11) is 1.65. The largest absolute Gasteiger partial charge is 0.497 e. The molecule has 1 aliphatic rings. The summed E-state index contributed by atoms with van der Waals surface area (Å²) in [6, 6.07) is 12.5. The molecule has 0 atom stereocenters. The second kappa shape index (κ2) is 6.95. The highest BCUT2D eigenvalue weighted by Gasteiger charge is 2.25. The minimum absolute atomic E-state index is 0.0292. The minimum Gasteiger partial charge on any atom is -0.497 e. The molecule has 140 valence electrons. The fourth-order valence-electron chi connectivity index (χ4n) is 3.64. The fraction of sp³-hybridized carbons (Fsp3) is 0.286. The van der Waals surface area contributed by atoms with Gasteiger partial charge < -0.3 is 19.5 Å². The van der Waals surface area contributed by atoms with E-state index in [0.29, 0.717) is 24.3 Å². The first-order valence-electron chi connectivity index (χ1n) is 9.03. The van der Waals surface area contributed by atoms with Gasteiger partial charge in [0.15, 0.2) is 0 Å². The smallest absolute Gasteiger partial charge is 0.270 e. The molecule has 6 heteroatoms. The number of rotatable bonds is 3. The van der Waals surface area contributed by atoms with E-state index in [1.807, 2.05) is 36.1 Å². The molecular formula is C21H22FN3O2. The van der Waals surface area contributed by atoms with Gasteiger partial charge in [-0.3, -0.25) is 4.79 Å². The predicted octanol–water partition coefficient (Wildman–Crippen LogP) is 3.59. The van der Waals surface area contributed by atoms with Crippen molar-refractivity contribution in [3.05, 3.63) is 59.5 Å². The Labute approximate surface area is 157 Å². The van der Waals surface area contributed by atoms with Crippen LogP contribution in [0.3, 0.4) is 0 Å². The molecule has 2 heterocycles. The van der Waals surface area contributed by atoms with E-state index >= 15 is 0 Å². The monoisotopic (exact) mass is 367 g/mol. The zero-order chi connectivity index (χ0) is 19.0. The number of halogens is 1. The number of fused-ring (bicyclic) bond motifs is 1. The van der Waals surface area contributed by atoms with Crippen molar-refractivity contribution in [1.82, 2.24) is 9.88 Å². The maximum atomic E-state index is 13.5. The first-order chi connectivity index (χ1) is 13.1. The van der Waals surface area contributed by atoms with E-state index in [0.717, 1.165) is 35.5 Å². The van der Waals surface area contributed by atoms with Gasteiger partial charge >= 0.3 is 0 Å². The molecule has 0 spiro atoms. The third-order valence-electron chi connectivity index (χ3n) is 5.24. The molecule has 2 aromatic carbocycles. The molecule has 0 radical (unpaired) electrons. The molecule has 4 rings (SSSR count). The lowest BCUT2D eigenvalue weighted by molar-refractivity contribution is 0.0741.